The van der Waals surface area contributed by atoms with Gasteiger partial charge < -0.3 is 9.64 Å². The van der Waals surface area contributed by atoms with Crippen molar-refractivity contribution in [1.29, 1.82) is 0 Å². The van der Waals surface area contributed by atoms with Crippen LogP contribution in [0.4, 0.5) is 0 Å². The average Bonchev–Trinajstić information content (AvgIpc) is 2.74. The number of piperidine rings is 1. The number of carbonyl (C=O) groups excluding carboxylic acids is 4. The molecule has 0 unspecified atom stereocenters. The van der Waals surface area contributed by atoms with Crippen molar-refractivity contribution in [1.82, 2.24) is 9.80 Å². The van der Waals surface area contributed by atoms with Gasteiger partial charge in [0.05, 0.1) is 6.42 Å². The van der Waals surface area contributed by atoms with Gasteiger partial charge in [-0.05, 0) is 43.2 Å². The summed E-state index contributed by atoms with van der Waals surface area (Å²) in [5.41, 5.74) is 1.09. The molecule has 0 aromatic heterocycles. The first-order valence-electron chi connectivity index (χ1n) is 10.4. The van der Waals surface area contributed by atoms with E-state index in [0.717, 1.165) is 37.0 Å². The lowest BCUT2D eigenvalue weighted by molar-refractivity contribution is -0.156. The minimum atomic E-state index is -0.739. The van der Waals surface area contributed by atoms with E-state index in [-0.39, 0.29) is 25.0 Å². The lowest BCUT2D eigenvalue weighted by atomic mass is 9.78. The molecule has 3 amide bonds. The van der Waals surface area contributed by atoms with Crippen LogP contribution in [0.1, 0.15) is 54.4 Å². The van der Waals surface area contributed by atoms with E-state index in [1.54, 1.807) is 24.3 Å². The number of esters is 1. The molecule has 3 aliphatic rings. The van der Waals surface area contributed by atoms with E-state index < -0.39 is 24.3 Å². The number of fused-ring (bicyclic) bond motifs is 2. The summed E-state index contributed by atoms with van der Waals surface area (Å²) in [5.74, 6) is -1.30. The molecular weight excluding hydrogens is 372 g/mol. The van der Waals surface area contributed by atoms with E-state index in [1.165, 1.54) is 6.42 Å². The second kappa shape index (κ2) is 8.35. The van der Waals surface area contributed by atoms with Gasteiger partial charge in [0.25, 0.3) is 11.8 Å². The normalized spacial score (nSPS) is 24.0. The first-order chi connectivity index (χ1) is 14.0. The maximum atomic E-state index is 12.6. The maximum absolute atomic E-state index is 12.6. The first-order valence-corrected chi connectivity index (χ1v) is 10.4. The predicted molar refractivity (Wildman–Crippen MR) is 104 cm³/mol. The van der Waals surface area contributed by atoms with Crippen molar-refractivity contribution in [3.05, 3.63) is 35.4 Å². The summed E-state index contributed by atoms with van der Waals surface area (Å²) in [7, 11) is 0. The standard InChI is InChI=1S/C22H26N2O5/c25-19-12-16-7-1-3-9-17(16)22(28)24(19)13-21(27)29-14-20(26)23-11-5-8-15-6-2-4-10-18(15)23/h1,3,7,9,15,18H,2,4-6,8,10-14H2/t15-,18-/m1/s1. The fourth-order valence-corrected chi connectivity index (χ4v) is 4.89. The van der Waals surface area contributed by atoms with Gasteiger partial charge in [-0.25, -0.2) is 0 Å². The Morgan fingerprint density at radius 3 is 2.66 bits per heavy atom. The lowest BCUT2D eigenvalue weighted by Crippen LogP contribution is -2.51. The number of carbonyl (C=O) groups is 4. The number of likely N-dealkylation sites (tertiary alicyclic amines) is 1. The van der Waals surface area contributed by atoms with Gasteiger partial charge in [0.1, 0.15) is 6.54 Å². The molecule has 1 aliphatic carbocycles. The van der Waals surface area contributed by atoms with E-state index in [4.69, 9.17) is 4.74 Å². The summed E-state index contributed by atoms with van der Waals surface area (Å²) in [4.78, 5) is 52.5. The third-order valence-electron chi connectivity index (χ3n) is 6.34. The van der Waals surface area contributed by atoms with Crippen molar-refractivity contribution < 1.29 is 23.9 Å². The summed E-state index contributed by atoms with van der Waals surface area (Å²) in [5, 5.41) is 0. The Morgan fingerprint density at radius 1 is 1.03 bits per heavy atom. The molecule has 2 fully saturated rings. The van der Waals surface area contributed by atoms with E-state index in [0.29, 0.717) is 23.6 Å². The van der Waals surface area contributed by atoms with Crippen molar-refractivity contribution in [2.24, 2.45) is 5.92 Å². The molecule has 29 heavy (non-hydrogen) atoms. The van der Waals surface area contributed by atoms with Crippen LogP contribution in [0.2, 0.25) is 0 Å². The van der Waals surface area contributed by atoms with Crippen molar-refractivity contribution >= 4 is 23.7 Å². The predicted octanol–water partition coefficient (Wildman–Crippen LogP) is 1.94. The highest BCUT2D eigenvalue weighted by Crippen LogP contribution is 2.35. The molecule has 0 radical (unpaired) electrons. The van der Waals surface area contributed by atoms with Gasteiger partial charge in [0, 0.05) is 18.2 Å². The van der Waals surface area contributed by atoms with Gasteiger partial charge >= 0.3 is 5.97 Å². The third-order valence-corrected chi connectivity index (χ3v) is 6.34. The van der Waals surface area contributed by atoms with Crippen LogP contribution in [-0.2, 0) is 25.5 Å². The summed E-state index contributed by atoms with van der Waals surface area (Å²) < 4.78 is 5.15. The largest absolute Gasteiger partial charge is 0.454 e. The molecule has 2 atom stereocenters. The molecule has 0 spiro atoms. The van der Waals surface area contributed by atoms with Crippen LogP contribution in [0.15, 0.2) is 24.3 Å². The second-order valence-corrected chi connectivity index (χ2v) is 8.12. The summed E-state index contributed by atoms with van der Waals surface area (Å²) in [6.07, 6.45) is 6.75. The zero-order chi connectivity index (χ0) is 20.4. The van der Waals surface area contributed by atoms with Crippen LogP contribution < -0.4 is 0 Å². The Bertz CT molecular complexity index is 834. The van der Waals surface area contributed by atoms with E-state index >= 15 is 0 Å². The Labute approximate surface area is 170 Å². The monoisotopic (exact) mass is 398 g/mol. The van der Waals surface area contributed by atoms with Gasteiger partial charge in [-0.15, -0.1) is 0 Å². The first kappa shape index (κ1) is 19.6. The number of benzene rings is 1. The summed E-state index contributed by atoms with van der Waals surface area (Å²) in [6.45, 7) is -0.0996. The number of ether oxygens (including phenoxy) is 1. The zero-order valence-corrected chi connectivity index (χ0v) is 16.5. The smallest absolute Gasteiger partial charge is 0.326 e. The Balaban J connectivity index is 1.32. The summed E-state index contributed by atoms with van der Waals surface area (Å²) in [6, 6.07) is 7.12. The Hall–Kier alpha value is -2.70. The number of imide groups is 1. The molecule has 7 heteroatoms. The third kappa shape index (κ3) is 4.04. The van der Waals surface area contributed by atoms with Crippen LogP contribution >= 0.6 is 0 Å². The fourth-order valence-electron chi connectivity index (χ4n) is 4.89. The van der Waals surface area contributed by atoms with Crippen LogP contribution in [0.5, 0.6) is 0 Å². The van der Waals surface area contributed by atoms with Crippen LogP contribution in [0, 0.1) is 5.92 Å². The van der Waals surface area contributed by atoms with Crippen LogP contribution in [0.25, 0.3) is 0 Å². The molecule has 1 saturated heterocycles. The number of hydrogen-bond acceptors (Lipinski definition) is 5. The number of amides is 3. The molecule has 7 nitrogen and oxygen atoms in total. The van der Waals surface area contributed by atoms with Crippen molar-refractivity contribution in [2.45, 2.75) is 51.0 Å². The molecular formula is C22H26N2O5. The Kier molecular flexibility index (Phi) is 5.65. The molecule has 1 aromatic rings. The average molecular weight is 398 g/mol. The molecule has 4 rings (SSSR count). The number of hydrogen-bond donors (Lipinski definition) is 0. The van der Waals surface area contributed by atoms with Gasteiger partial charge in [0.15, 0.2) is 6.61 Å². The van der Waals surface area contributed by atoms with Gasteiger partial charge in [0.2, 0.25) is 5.91 Å². The second-order valence-electron chi connectivity index (χ2n) is 8.12. The highest BCUT2D eigenvalue weighted by molar-refractivity contribution is 6.11. The minimum absolute atomic E-state index is 0.0744. The van der Waals surface area contributed by atoms with Crippen molar-refractivity contribution in [3.63, 3.8) is 0 Å². The highest BCUT2D eigenvalue weighted by Gasteiger charge is 2.36. The highest BCUT2D eigenvalue weighted by atomic mass is 16.5. The quantitative estimate of drug-likeness (QED) is 0.572. The van der Waals surface area contributed by atoms with Crippen LogP contribution in [-0.4, -0.2) is 59.2 Å². The molecule has 2 heterocycles. The van der Waals surface area contributed by atoms with Gasteiger partial charge in [-0.2, -0.15) is 0 Å². The molecule has 0 N–H and O–H groups in total. The minimum Gasteiger partial charge on any atom is -0.454 e. The van der Waals surface area contributed by atoms with E-state index in [1.807, 2.05) is 4.90 Å². The Morgan fingerprint density at radius 2 is 1.79 bits per heavy atom. The maximum Gasteiger partial charge on any atom is 0.326 e. The van der Waals surface area contributed by atoms with Crippen molar-refractivity contribution in [3.8, 4) is 0 Å². The van der Waals surface area contributed by atoms with Crippen LogP contribution in [0.3, 0.4) is 0 Å². The molecule has 154 valence electrons. The molecule has 2 aliphatic heterocycles. The topological polar surface area (TPSA) is 84.0 Å². The van der Waals surface area contributed by atoms with E-state index in [2.05, 4.69) is 0 Å². The van der Waals surface area contributed by atoms with E-state index in [9.17, 15) is 19.2 Å². The number of rotatable bonds is 4. The molecule has 1 aromatic carbocycles. The zero-order valence-electron chi connectivity index (χ0n) is 16.5. The fraction of sp³-hybridized carbons (Fsp3) is 0.545. The molecule has 1 saturated carbocycles. The summed E-state index contributed by atoms with van der Waals surface area (Å²) >= 11 is 0. The SMILES string of the molecule is O=C(CN1C(=O)Cc2ccccc2C1=O)OCC(=O)N1CCC[C@H]2CCCC[C@H]21. The van der Waals surface area contributed by atoms with Gasteiger partial charge in [-0.3, -0.25) is 24.1 Å². The van der Waals surface area contributed by atoms with Gasteiger partial charge in [-0.1, -0.05) is 31.0 Å². The van der Waals surface area contributed by atoms with Crippen molar-refractivity contribution in [2.75, 3.05) is 19.7 Å². The number of nitrogens with zero attached hydrogens (tertiary/aromatic N) is 2. The lowest BCUT2D eigenvalue weighted by Gasteiger charge is -2.44. The molecule has 0 bridgehead atoms.